The SMILES string of the molecule is CC(C)CCC[C@@H](C)[C@H]1CCC2(C)C3=C(C(=O)C[C@]12C)[C@@]1(C)CCC(O)C(C)C1CC3O. The van der Waals surface area contributed by atoms with E-state index in [0.29, 0.717) is 30.5 Å². The summed E-state index contributed by atoms with van der Waals surface area (Å²) in [4.78, 5) is 14.0. The molecular formula is C29H48O3. The Kier molecular flexibility index (Phi) is 6.28. The first kappa shape index (κ1) is 24.5. The third-order valence-electron chi connectivity index (χ3n) is 11.2. The molecule has 0 aliphatic heterocycles. The number of aliphatic hydroxyl groups is 2. The van der Waals surface area contributed by atoms with Crippen molar-refractivity contribution in [3.05, 3.63) is 11.1 Å². The molecule has 0 aromatic heterocycles. The van der Waals surface area contributed by atoms with Gasteiger partial charge in [-0.25, -0.2) is 0 Å². The minimum absolute atomic E-state index is 0.0653. The number of carbonyl (C=O) groups is 1. The fourth-order valence-electron chi connectivity index (χ4n) is 9.08. The molecule has 2 N–H and O–H groups in total. The highest BCUT2D eigenvalue weighted by molar-refractivity contribution is 6.00. The number of ketones is 1. The molecule has 3 nitrogen and oxygen atoms in total. The first-order valence-corrected chi connectivity index (χ1v) is 13.5. The van der Waals surface area contributed by atoms with E-state index < -0.39 is 6.10 Å². The molecule has 0 heterocycles. The van der Waals surface area contributed by atoms with Crippen LogP contribution in [0, 0.1) is 45.8 Å². The second kappa shape index (κ2) is 8.22. The summed E-state index contributed by atoms with van der Waals surface area (Å²) in [6.07, 6.45) is 8.14. The predicted molar refractivity (Wildman–Crippen MR) is 130 cm³/mol. The molecule has 4 rings (SSSR count). The van der Waals surface area contributed by atoms with E-state index in [1.54, 1.807) is 0 Å². The highest BCUT2D eigenvalue weighted by Gasteiger charge is 2.65. The number of allylic oxidation sites excluding steroid dienone is 1. The minimum Gasteiger partial charge on any atom is -0.393 e. The molecule has 0 amide bonds. The maximum Gasteiger partial charge on any atom is 0.160 e. The Hall–Kier alpha value is -0.670. The summed E-state index contributed by atoms with van der Waals surface area (Å²) in [5, 5.41) is 22.1. The maximum absolute atomic E-state index is 14.0. The average Bonchev–Trinajstić information content (AvgIpc) is 2.97. The number of aliphatic hydroxyl groups excluding tert-OH is 2. The van der Waals surface area contributed by atoms with Gasteiger partial charge in [-0.1, -0.05) is 67.7 Å². The highest BCUT2D eigenvalue weighted by atomic mass is 16.3. The van der Waals surface area contributed by atoms with Crippen LogP contribution in [0.25, 0.3) is 0 Å². The predicted octanol–water partition coefficient (Wildman–Crippen LogP) is 6.32. The van der Waals surface area contributed by atoms with E-state index >= 15 is 0 Å². The lowest BCUT2D eigenvalue weighted by molar-refractivity contribution is -0.129. The van der Waals surface area contributed by atoms with Gasteiger partial charge in [-0.05, 0) is 83.5 Å². The smallest absolute Gasteiger partial charge is 0.160 e. The third kappa shape index (κ3) is 3.39. The standard InChI is InChI=1S/C29H48O3/c1-17(2)9-8-10-18(3)20-11-14-28(6)26-23(31)15-21-19(4)22(30)12-13-27(21,5)25(26)24(32)16-29(20,28)7/h17-23,30-31H,8-16H2,1-7H3/t18-,19?,20-,21?,22?,23?,27+,28?,29-/m1/s1. The molecular weight excluding hydrogens is 396 g/mol. The van der Waals surface area contributed by atoms with Crippen molar-refractivity contribution >= 4 is 5.78 Å². The van der Waals surface area contributed by atoms with E-state index in [4.69, 9.17) is 0 Å². The van der Waals surface area contributed by atoms with Gasteiger partial charge in [-0.2, -0.15) is 0 Å². The number of rotatable bonds is 5. The van der Waals surface area contributed by atoms with Crippen molar-refractivity contribution in [3.63, 3.8) is 0 Å². The van der Waals surface area contributed by atoms with Crippen LogP contribution in [0.3, 0.4) is 0 Å². The molecule has 9 atom stereocenters. The Balaban J connectivity index is 1.71. The van der Waals surface area contributed by atoms with E-state index in [9.17, 15) is 15.0 Å². The van der Waals surface area contributed by atoms with Crippen molar-refractivity contribution in [2.45, 2.75) is 118 Å². The molecule has 3 heteroatoms. The molecule has 0 aromatic rings. The van der Waals surface area contributed by atoms with Gasteiger partial charge in [-0.3, -0.25) is 4.79 Å². The molecule has 182 valence electrons. The number of hydrogen-bond donors (Lipinski definition) is 2. The molecule has 0 saturated heterocycles. The van der Waals surface area contributed by atoms with Crippen LogP contribution >= 0.6 is 0 Å². The Labute approximate surface area is 196 Å². The van der Waals surface area contributed by atoms with Crippen LogP contribution < -0.4 is 0 Å². The van der Waals surface area contributed by atoms with Crippen LogP contribution in [0.15, 0.2) is 11.1 Å². The van der Waals surface area contributed by atoms with Crippen molar-refractivity contribution < 1.29 is 15.0 Å². The Morgan fingerprint density at radius 3 is 2.38 bits per heavy atom. The lowest BCUT2D eigenvalue weighted by atomic mass is 9.44. The first-order valence-electron chi connectivity index (χ1n) is 13.5. The summed E-state index contributed by atoms with van der Waals surface area (Å²) < 4.78 is 0. The Morgan fingerprint density at radius 1 is 1.03 bits per heavy atom. The first-order chi connectivity index (χ1) is 14.9. The van der Waals surface area contributed by atoms with Gasteiger partial charge in [0.2, 0.25) is 0 Å². The molecule has 2 saturated carbocycles. The molecule has 5 unspecified atom stereocenters. The molecule has 0 spiro atoms. The normalized spacial score (nSPS) is 47.3. The van der Waals surface area contributed by atoms with Crippen molar-refractivity contribution in [1.82, 2.24) is 0 Å². The van der Waals surface area contributed by atoms with Gasteiger partial charge in [0.25, 0.3) is 0 Å². The van der Waals surface area contributed by atoms with E-state index in [1.165, 1.54) is 25.7 Å². The van der Waals surface area contributed by atoms with Gasteiger partial charge in [0, 0.05) is 12.0 Å². The molecule has 2 fully saturated rings. The fourth-order valence-corrected chi connectivity index (χ4v) is 9.08. The summed E-state index contributed by atoms with van der Waals surface area (Å²) >= 11 is 0. The Morgan fingerprint density at radius 2 is 1.72 bits per heavy atom. The molecule has 4 aliphatic rings. The molecule has 4 aliphatic carbocycles. The maximum atomic E-state index is 14.0. The number of fused-ring (bicyclic) bond motifs is 4. The highest BCUT2D eigenvalue weighted by Crippen LogP contribution is 2.70. The number of hydrogen-bond acceptors (Lipinski definition) is 3. The fraction of sp³-hybridized carbons (Fsp3) is 0.897. The summed E-state index contributed by atoms with van der Waals surface area (Å²) in [6, 6.07) is 0. The summed E-state index contributed by atoms with van der Waals surface area (Å²) in [6.45, 7) is 16.2. The van der Waals surface area contributed by atoms with E-state index in [1.807, 2.05) is 0 Å². The van der Waals surface area contributed by atoms with Crippen LogP contribution in [-0.4, -0.2) is 28.2 Å². The van der Waals surface area contributed by atoms with Gasteiger partial charge >= 0.3 is 0 Å². The van der Waals surface area contributed by atoms with Crippen molar-refractivity contribution in [2.75, 3.05) is 0 Å². The molecule has 32 heavy (non-hydrogen) atoms. The van der Waals surface area contributed by atoms with Gasteiger partial charge in [0.1, 0.15) is 0 Å². The van der Waals surface area contributed by atoms with Gasteiger partial charge in [-0.15, -0.1) is 0 Å². The van der Waals surface area contributed by atoms with Crippen molar-refractivity contribution in [3.8, 4) is 0 Å². The second-order valence-electron chi connectivity index (χ2n) is 13.3. The summed E-state index contributed by atoms with van der Waals surface area (Å²) in [7, 11) is 0. The average molecular weight is 445 g/mol. The number of carbonyl (C=O) groups excluding carboxylic acids is 1. The van der Waals surface area contributed by atoms with Crippen LogP contribution in [0.2, 0.25) is 0 Å². The molecule has 0 bridgehead atoms. The van der Waals surface area contributed by atoms with Crippen LogP contribution in [0.4, 0.5) is 0 Å². The lowest BCUT2D eigenvalue weighted by Crippen LogP contribution is -2.57. The van der Waals surface area contributed by atoms with Crippen LogP contribution in [0.5, 0.6) is 0 Å². The van der Waals surface area contributed by atoms with Crippen molar-refractivity contribution in [2.24, 2.45) is 45.8 Å². The number of Topliss-reactive ketones (excluding diaryl/α,β-unsaturated/α-hetero) is 1. The summed E-state index contributed by atoms with van der Waals surface area (Å²) in [5.41, 5.74) is 1.73. The quantitative estimate of drug-likeness (QED) is 0.522. The lowest BCUT2D eigenvalue weighted by Gasteiger charge is -2.60. The molecule has 0 aromatic carbocycles. The second-order valence-corrected chi connectivity index (χ2v) is 13.3. The van der Waals surface area contributed by atoms with E-state index in [-0.39, 0.29) is 34.2 Å². The molecule has 0 radical (unpaired) electrons. The Bertz CT molecular complexity index is 783. The van der Waals surface area contributed by atoms with Crippen LogP contribution in [0.1, 0.15) is 106 Å². The zero-order valence-electron chi connectivity index (χ0n) is 21.7. The van der Waals surface area contributed by atoms with Gasteiger partial charge < -0.3 is 10.2 Å². The minimum atomic E-state index is -0.542. The third-order valence-corrected chi connectivity index (χ3v) is 11.2. The van der Waals surface area contributed by atoms with E-state index in [0.717, 1.165) is 36.3 Å². The van der Waals surface area contributed by atoms with E-state index in [2.05, 4.69) is 48.5 Å². The summed E-state index contributed by atoms with van der Waals surface area (Å²) in [5.74, 6) is 2.52. The topological polar surface area (TPSA) is 57.5 Å². The largest absolute Gasteiger partial charge is 0.393 e. The van der Waals surface area contributed by atoms with Crippen molar-refractivity contribution in [1.29, 1.82) is 0 Å². The van der Waals surface area contributed by atoms with Gasteiger partial charge in [0.05, 0.1) is 12.2 Å². The zero-order chi connectivity index (χ0) is 23.6. The zero-order valence-corrected chi connectivity index (χ0v) is 21.7. The monoisotopic (exact) mass is 444 g/mol. The van der Waals surface area contributed by atoms with Gasteiger partial charge in [0.15, 0.2) is 5.78 Å². The van der Waals surface area contributed by atoms with Crippen LogP contribution in [-0.2, 0) is 4.79 Å².